The molecule has 0 spiro atoms. The minimum absolute atomic E-state index is 0.0782. The first kappa shape index (κ1) is 13.5. The highest BCUT2D eigenvalue weighted by Gasteiger charge is 2.42. The summed E-state index contributed by atoms with van der Waals surface area (Å²) in [6.07, 6.45) is 4.65. The molecule has 0 aromatic carbocycles. The van der Waals surface area contributed by atoms with Crippen LogP contribution in [0.4, 0.5) is 0 Å². The van der Waals surface area contributed by atoms with Gasteiger partial charge < -0.3 is 9.80 Å². The minimum Gasteiger partial charge on any atom is -0.329 e. The Morgan fingerprint density at radius 1 is 1.40 bits per heavy atom. The third kappa shape index (κ3) is 2.22. The number of nitrogens with zero attached hydrogens (tertiary/aromatic N) is 3. The normalized spacial score (nSPS) is 24.8. The number of piperazine rings is 1. The lowest BCUT2D eigenvalue weighted by atomic mass is 9.97. The number of rotatable bonds is 2. The molecule has 2 saturated heterocycles. The van der Waals surface area contributed by atoms with E-state index in [2.05, 4.69) is 4.98 Å². The summed E-state index contributed by atoms with van der Waals surface area (Å²) in [5.74, 6) is 0.166. The molecule has 3 heterocycles. The van der Waals surface area contributed by atoms with E-state index >= 15 is 0 Å². The second-order valence-electron chi connectivity index (χ2n) is 5.55. The van der Waals surface area contributed by atoms with Gasteiger partial charge in [0, 0.05) is 17.6 Å². The first-order chi connectivity index (χ1) is 9.58. The molecule has 3 rings (SSSR count). The van der Waals surface area contributed by atoms with Crippen LogP contribution in [0, 0.1) is 6.92 Å². The Balaban J connectivity index is 1.83. The Bertz CT molecular complexity index is 542. The van der Waals surface area contributed by atoms with E-state index in [1.54, 1.807) is 21.1 Å². The van der Waals surface area contributed by atoms with Crippen molar-refractivity contribution in [3.63, 3.8) is 0 Å². The molecular weight excluding hydrogens is 274 g/mol. The first-order valence-electron chi connectivity index (χ1n) is 7.10. The molecule has 6 heteroatoms. The maximum Gasteiger partial charge on any atom is 0.246 e. The standard InChI is InChI=1S/C14H19N3O2S/c1-9-7-15-13(20-9)10(2)17-8-12(18)16-6-4-3-5-11(16)14(17)19/h7,10-11H,3-6,8H2,1-2H3. The highest BCUT2D eigenvalue weighted by molar-refractivity contribution is 7.11. The van der Waals surface area contributed by atoms with Gasteiger partial charge in [0.15, 0.2) is 0 Å². The highest BCUT2D eigenvalue weighted by atomic mass is 32.1. The van der Waals surface area contributed by atoms with E-state index in [9.17, 15) is 9.59 Å². The number of carbonyl (C=O) groups excluding carboxylic acids is 2. The molecule has 1 aromatic heterocycles. The number of aromatic nitrogens is 1. The monoisotopic (exact) mass is 293 g/mol. The molecule has 0 saturated carbocycles. The van der Waals surface area contributed by atoms with Crippen molar-refractivity contribution in [2.45, 2.75) is 45.2 Å². The van der Waals surface area contributed by atoms with E-state index in [1.807, 2.05) is 20.0 Å². The maximum atomic E-state index is 12.6. The van der Waals surface area contributed by atoms with Gasteiger partial charge in [-0.1, -0.05) is 0 Å². The lowest BCUT2D eigenvalue weighted by molar-refractivity contribution is -0.159. The maximum absolute atomic E-state index is 12.6. The van der Waals surface area contributed by atoms with Crippen LogP contribution in [0.3, 0.4) is 0 Å². The molecule has 2 atom stereocenters. The average molecular weight is 293 g/mol. The van der Waals surface area contributed by atoms with Gasteiger partial charge in [0.2, 0.25) is 11.8 Å². The van der Waals surface area contributed by atoms with Crippen LogP contribution in [0.5, 0.6) is 0 Å². The zero-order valence-electron chi connectivity index (χ0n) is 11.8. The number of piperidine rings is 1. The zero-order valence-corrected chi connectivity index (χ0v) is 12.7. The number of carbonyl (C=O) groups is 2. The van der Waals surface area contributed by atoms with Crippen molar-refractivity contribution in [2.75, 3.05) is 13.1 Å². The van der Waals surface area contributed by atoms with Crippen LogP contribution in [0.2, 0.25) is 0 Å². The van der Waals surface area contributed by atoms with Crippen LogP contribution in [0.1, 0.15) is 42.1 Å². The van der Waals surface area contributed by atoms with Gasteiger partial charge in [-0.2, -0.15) is 0 Å². The highest BCUT2D eigenvalue weighted by Crippen LogP contribution is 2.30. The van der Waals surface area contributed by atoms with Gasteiger partial charge in [-0.05, 0) is 33.1 Å². The fourth-order valence-corrected chi connectivity index (χ4v) is 3.86. The van der Waals surface area contributed by atoms with Crippen LogP contribution in [-0.4, -0.2) is 45.7 Å². The van der Waals surface area contributed by atoms with Crippen LogP contribution >= 0.6 is 11.3 Å². The second-order valence-corrected chi connectivity index (χ2v) is 6.82. The molecule has 0 bridgehead atoms. The van der Waals surface area contributed by atoms with Crippen LogP contribution in [-0.2, 0) is 9.59 Å². The summed E-state index contributed by atoms with van der Waals surface area (Å²) in [5.41, 5.74) is 0. The van der Waals surface area contributed by atoms with Crippen LogP contribution in [0.25, 0.3) is 0 Å². The Hall–Kier alpha value is -1.43. The summed E-state index contributed by atoms with van der Waals surface area (Å²) in [4.78, 5) is 33.8. The third-order valence-electron chi connectivity index (χ3n) is 4.16. The van der Waals surface area contributed by atoms with Gasteiger partial charge >= 0.3 is 0 Å². The Labute approximate surface area is 122 Å². The number of hydrogen-bond acceptors (Lipinski definition) is 4. The largest absolute Gasteiger partial charge is 0.329 e. The van der Waals surface area contributed by atoms with E-state index in [-0.39, 0.29) is 30.4 Å². The predicted octanol–water partition coefficient (Wildman–Crippen LogP) is 1.74. The van der Waals surface area contributed by atoms with Crippen molar-refractivity contribution < 1.29 is 9.59 Å². The quantitative estimate of drug-likeness (QED) is 0.834. The Morgan fingerprint density at radius 2 is 2.20 bits per heavy atom. The molecule has 2 amide bonds. The van der Waals surface area contributed by atoms with Gasteiger partial charge in [-0.15, -0.1) is 11.3 Å². The average Bonchev–Trinajstić information content (AvgIpc) is 2.89. The molecule has 2 aliphatic rings. The van der Waals surface area contributed by atoms with E-state index in [0.717, 1.165) is 35.7 Å². The van der Waals surface area contributed by atoms with Gasteiger partial charge in [-0.3, -0.25) is 9.59 Å². The van der Waals surface area contributed by atoms with Gasteiger partial charge in [0.25, 0.3) is 0 Å². The minimum atomic E-state index is -0.242. The first-order valence-corrected chi connectivity index (χ1v) is 7.92. The van der Waals surface area contributed by atoms with Gasteiger partial charge in [-0.25, -0.2) is 4.98 Å². The lowest BCUT2D eigenvalue weighted by Gasteiger charge is -2.44. The summed E-state index contributed by atoms with van der Waals surface area (Å²) in [6.45, 7) is 4.88. The molecular formula is C14H19N3O2S. The molecule has 2 aliphatic heterocycles. The van der Waals surface area contributed by atoms with Crippen LogP contribution in [0.15, 0.2) is 6.20 Å². The molecule has 5 nitrogen and oxygen atoms in total. The summed E-state index contributed by atoms with van der Waals surface area (Å²) < 4.78 is 0. The number of thiazole rings is 1. The molecule has 0 N–H and O–H groups in total. The van der Waals surface area contributed by atoms with E-state index in [0.29, 0.717) is 0 Å². The second kappa shape index (κ2) is 5.16. The van der Waals surface area contributed by atoms with Crippen molar-refractivity contribution in [3.05, 3.63) is 16.1 Å². The van der Waals surface area contributed by atoms with Crippen molar-refractivity contribution in [3.8, 4) is 0 Å². The summed E-state index contributed by atoms with van der Waals surface area (Å²) >= 11 is 1.59. The van der Waals surface area contributed by atoms with E-state index < -0.39 is 0 Å². The summed E-state index contributed by atoms with van der Waals surface area (Å²) in [7, 11) is 0. The molecule has 0 radical (unpaired) electrons. The molecule has 108 valence electrons. The SMILES string of the molecule is Cc1cnc(C(C)N2CC(=O)N3CCCCC3C2=O)s1. The van der Waals surface area contributed by atoms with E-state index in [4.69, 9.17) is 0 Å². The summed E-state index contributed by atoms with van der Waals surface area (Å²) in [6, 6.07) is -0.359. The van der Waals surface area contributed by atoms with Crippen molar-refractivity contribution in [2.24, 2.45) is 0 Å². The van der Waals surface area contributed by atoms with E-state index in [1.165, 1.54) is 0 Å². The topological polar surface area (TPSA) is 53.5 Å². The van der Waals surface area contributed by atoms with Crippen LogP contribution < -0.4 is 0 Å². The predicted molar refractivity (Wildman–Crippen MR) is 76.3 cm³/mol. The molecule has 20 heavy (non-hydrogen) atoms. The van der Waals surface area contributed by atoms with Gasteiger partial charge in [0.05, 0.1) is 6.04 Å². The fourth-order valence-electron chi connectivity index (χ4n) is 3.02. The Kier molecular flexibility index (Phi) is 3.50. The number of aryl methyl sites for hydroxylation is 1. The third-order valence-corrected chi connectivity index (χ3v) is 5.24. The molecule has 0 aliphatic carbocycles. The Morgan fingerprint density at radius 3 is 2.90 bits per heavy atom. The molecule has 2 fully saturated rings. The smallest absolute Gasteiger partial charge is 0.246 e. The van der Waals surface area contributed by atoms with Gasteiger partial charge in [0.1, 0.15) is 17.6 Å². The molecule has 2 unspecified atom stereocenters. The fraction of sp³-hybridized carbons (Fsp3) is 0.643. The zero-order chi connectivity index (χ0) is 14.3. The van der Waals surface area contributed by atoms with Crippen molar-refractivity contribution in [1.82, 2.24) is 14.8 Å². The van der Waals surface area contributed by atoms with Crippen molar-refractivity contribution in [1.29, 1.82) is 0 Å². The number of amides is 2. The molecule has 1 aromatic rings. The number of hydrogen-bond donors (Lipinski definition) is 0. The van der Waals surface area contributed by atoms with Crippen molar-refractivity contribution >= 4 is 23.2 Å². The summed E-state index contributed by atoms with van der Waals surface area (Å²) in [5, 5.41) is 0.910. The number of fused-ring (bicyclic) bond motifs is 1. The lowest BCUT2D eigenvalue weighted by Crippen LogP contribution is -2.61.